The minimum Gasteiger partial charge on any atom is -0.438 e. The van der Waals surface area contributed by atoms with Gasteiger partial charge in [-0.1, -0.05) is 0 Å². The molecule has 0 unspecified atom stereocenters. The molecule has 1 N–H and O–H groups in total. The van der Waals surface area contributed by atoms with Crippen molar-refractivity contribution < 1.29 is 4.42 Å². The van der Waals surface area contributed by atoms with Crippen molar-refractivity contribution >= 4 is 16.9 Å². The molecule has 1 fully saturated rings. The van der Waals surface area contributed by atoms with Gasteiger partial charge in [0.15, 0.2) is 16.9 Å². The van der Waals surface area contributed by atoms with Crippen LogP contribution in [0.4, 0.5) is 5.88 Å². The normalized spacial score (nSPS) is 16.1. The van der Waals surface area contributed by atoms with Gasteiger partial charge in [0.1, 0.15) is 5.69 Å². The SMILES string of the molecule is CN1CCN(c2cc(=O)c3ccnc(-c4cn[nH]c4)c3o2)CC1. The predicted octanol–water partition coefficient (Wildman–Crippen LogP) is 1.33. The molecule has 7 nitrogen and oxygen atoms in total. The van der Waals surface area contributed by atoms with E-state index in [-0.39, 0.29) is 5.43 Å². The molecule has 0 aliphatic carbocycles. The molecule has 0 spiro atoms. The van der Waals surface area contributed by atoms with E-state index < -0.39 is 0 Å². The fourth-order valence-electron chi connectivity index (χ4n) is 2.84. The van der Waals surface area contributed by atoms with Crippen molar-refractivity contribution in [3.63, 3.8) is 0 Å². The van der Waals surface area contributed by atoms with Gasteiger partial charge >= 0.3 is 0 Å². The number of likely N-dealkylation sites (N-methyl/N-ethyl adjacent to an activating group) is 1. The Balaban J connectivity index is 1.85. The smallest absolute Gasteiger partial charge is 0.200 e. The first kappa shape index (κ1) is 14.0. The quantitative estimate of drug-likeness (QED) is 0.769. The summed E-state index contributed by atoms with van der Waals surface area (Å²) < 4.78 is 6.08. The number of nitrogens with one attached hydrogen (secondary N) is 1. The lowest BCUT2D eigenvalue weighted by Crippen LogP contribution is -2.44. The van der Waals surface area contributed by atoms with Crippen molar-refractivity contribution in [2.45, 2.75) is 0 Å². The Kier molecular flexibility index (Phi) is 3.34. The lowest BCUT2D eigenvalue weighted by molar-refractivity contribution is 0.306. The Morgan fingerprint density at radius 3 is 2.83 bits per heavy atom. The molecule has 4 heterocycles. The van der Waals surface area contributed by atoms with Gasteiger partial charge in [0.05, 0.1) is 11.6 Å². The van der Waals surface area contributed by atoms with Crippen LogP contribution in [0.15, 0.2) is 39.9 Å². The van der Waals surface area contributed by atoms with Gasteiger partial charge in [0.25, 0.3) is 0 Å². The predicted molar refractivity (Wildman–Crippen MR) is 87.6 cm³/mol. The average Bonchev–Trinajstić information content (AvgIpc) is 3.09. The highest BCUT2D eigenvalue weighted by Gasteiger charge is 2.19. The number of aromatic nitrogens is 3. The van der Waals surface area contributed by atoms with Crippen molar-refractivity contribution in [3.8, 4) is 11.3 Å². The summed E-state index contributed by atoms with van der Waals surface area (Å²) in [6.07, 6.45) is 5.03. The van der Waals surface area contributed by atoms with Crippen LogP contribution >= 0.6 is 0 Å². The van der Waals surface area contributed by atoms with E-state index in [0.717, 1.165) is 31.7 Å². The molecule has 0 atom stereocenters. The maximum absolute atomic E-state index is 12.5. The zero-order chi connectivity index (χ0) is 15.8. The molecular formula is C16H17N5O2. The minimum absolute atomic E-state index is 0.0488. The third kappa shape index (κ3) is 2.49. The number of fused-ring (bicyclic) bond motifs is 1. The summed E-state index contributed by atoms with van der Waals surface area (Å²) in [7, 11) is 2.09. The summed E-state index contributed by atoms with van der Waals surface area (Å²) in [5.74, 6) is 0.605. The molecule has 118 valence electrons. The highest BCUT2D eigenvalue weighted by Crippen LogP contribution is 2.27. The second-order valence-electron chi connectivity index (χ2n) is 5.76. The summed E-state index contributed by atoms with van der Waals surface area (Å²) in [6, 6.07) is 3.27. The van der Waals surface area contributed by atoms with Crippen LogP contribution in [0.1, 0.15) is 0 Å². The molecule has 1 saturated heterocycles. The van der Waals surface area contributed by atoms with Crippen LogP contribution in [0.5, 0.6) is 0 Å². The molecule has 0 radical (unpaired) electrons. The van der Waals surface area contributed by atoms with Crippen LogP contribution in [0.2, 0.25) is 0 Å². The standard InChI is InChI=1S/C16H17N5O2/c1-20-4-6-21(7-5-20)14-8-13(22)12-2-3-17-15(16(12)23-14)11-9-18-19-10-11/h2-3,8-10H,4-7H2,1H3,(H,18,19). The number of rotatable bonds is 2. The van der Waals surface area contributed by atoms with Crippen LogP contribution in [-0.4, -0.2) is 53.3 Å². The van der Waals surface area contributed by atoms with Gasteiger partial charge < -0.3 is 14.2 Å². The lowest BCUT2D eigenvalue weighted by Gasteiger charge is -2.32. The molecule has 0 amide bonds. The molecular weight excluding hydrogens is 294 g/mol. The Hall–Kier alpha value is -2.67. The number of hydrogen-bond acceptors (Lipinski definition) is 6. The topological polar surface area (TPSA) is 78.3 Å². The first-order valence-corrected chi connectivity index (χ1v) is 7.58. The zero-order valence-corrected chi connectivity index (χ0v) is 12.8. The second kappa shape index (κ2) is 5.51. The Morgan fingerprint density at radius 1 is 1.26 bits per heavy atom. The van der Waals surface area contributed by atoms with E-state index in [9.17, 15) is 4.79 Å². The van der Waals surface area contributed by atoms with Crippen molar-refractivity contribution in [1.82, 2.24) is 20.1 Å². The van der Waals surface area contributed by atoms with Gasteiger partial charge in [-0.25, -0.2) is 0 Å². The van der Waals surface area contributed by atoms with Crippen molar-refractivity contribution in [2.75, 3.05) is 38.1 Å². The Bertz CT molecular complexity index is 879. The number of H-pyrrole nitrogens is 1. The third-order valence-electron chi connectivity index (χ3n) is 4.22. The van der Waals surface area contributed by atoms with Gasteiger partial charge in [-0.3, -0.25) is 14.9 Å². The Labute approximate surface area is 132 Å². The number of piperazine rings is 1. The van der Waals surface area contributed by atoms with Crippen LogP contribution in [-0.2, 0) is 0 Å². The maximum atomic E-state index is 12.5. The molecule has 0 aromatic carbocycles. The van der Waals surface area contributed by atoms with Crippen LogP contribution in [0.25, 0.3) is 22.2 Å². The third-order valence-corrected chi connectivity index (χ3v) is 4.22. The number of anilines is 1. The van der Waals surface area contributed by atoms with Crippen LogP contribution in [0, 0.1) is 0 Å². The van der Waals surface area contributed by atoms with E-state index in [4.69, 9.17) is 4.42 Å². The summed E-state index contributed by atoms with van der Waals surface area (Å²) >= 11 is 0. The number of hydrogen-bond donors (Lipinski definition) is 1. The van der Waals surface area contributed by atoms with Gasteiger partial charge in [0, 0.05) is 50.2 Å². The maximum Gasteiger partial charge on any atom is 0.200 e. The molecule has 0 saturated carbocycles. The van der Waals surface area contributed by atoms with Gasteiger partial charge in [0.2, 0.25) is 0 Å². The molecule has 3 aromatic rings. The van der Waals surface area contributed by atoms with E-state index in [1.807, 2.05) is 0 Å². The van der Waals surface area contributed by atoms with Gasteiger partial charge in [-0.15, -0.1) is 0 Å². The number of aromatic amines is 1. The highest BCUT2D eigenvalue weighted by molar-refractivity contribution is 5.89. The van der Waals surface area contributed by atoms with E-state index in [2.05, 4.69) is 32.0 Å². The fraction of sp³-hybridized carbons (Fsp3) is 0.312. The van der Waals surface area contributed by atoms with Crippen molar-refractivity contribution in [3.05, 3.63) is 40.9 Å². The first-order chi connectivity index (χ1) is 11.2. The molecule has 23 heavy (non-hydrogen) atoms. The van der Waals surface area contributed by atoms with E-state index in [1.54, 1.807) is 30.7 Å². The zero-order valence-electron chi connectivity index (χ0n) is 12.8. The molecule has 7 heteroatoms. The second-order valence-corrected chi connectivity index (χ2v) is 5.76. The fourth-order valence-corrected chi connectivity index (χ4v) is 2.84. The van der Waals surface area contributed by atoms with E-state index in [0.29, 0.717) is 22.5 Å². The van der Waals surface area contributed by atoms with Crippen LogP contribution < -0.4 is 10.3 Å². The van der Waals surface area contributed by atoms with Crippen LogP contribution in [0.3, 0.4) is 0 Å². The average molecular weight is 311 g/mol. The summed E-state index contributed by atoms with van der Waals surface area (Å²) in [5.41, 5.74) is 1.89. The molecule has 0 bridgehead atoms. The van der Waals surface area contributed by atoms with Gasteiger partial charge in [-0.2, -0.15) is 5.10 Å². The summed E-state index contributed by atoms with van der Waals surface area (Å²) in [6.45, 7) is 3.57. The molecule has 1 aliphatic heterocycles. The van der Waals surface area contributed by atoms with E-state index >= 15 is 0 Å². The lowest BCUT2D eigenvalue weighted by atomic mass is 10.1. The largest absolute Gasteiger partial charge is 0.438 e. The molecule has 3 aromatic heterocycles. The number of pyridine rings is 1. The van der Waals surface area contributed by atoms with E-state index in [1.165, 1.54) is 0 Å². The Morgan fingerprint density at radius 2 is 2.09 bits per heavy atom. The minimum atomic E-state index is -0.0488. The van der Waals surface area contributed by atoms with Crippen molar-refractivity contribution in [1.29, 1.82) is 0 Å². The van der Waals surface area contributed by atoms with Gasteiger partial charge in [-0.05, 0) is 13.1 Å². The monoisotopic (exact) mass is 311 g/mol. The summed E-state index contributed by atoms with van der Waals surface area (Å²) in [4.78, 5) is 21.2. The summed E-state index contributed by atoms with van der Waals surface area (Å²) in [5, 5.41) is 7.25. The number of nitrogens with zero attached hydrogens (tertiary/aromatic N) is 4. The molecule has 1 aliphatic rings. The first-order valence-electron chi connectivity index (χ1n) is 7.58. The van der Waals surface area contributed by atoms with Crippen molar-refractivity contribution in [2.24, 2.45) is 0 Å². The molecule has 4 rings (SSSR count). The highest BCUT2D eigenvalue weighted by atomic mass is 16.4.